The van der Waals surface area contributed by atoms with E-state index in [0.29, 0.717) is 11.4 Å². The van der Waals surface area contributed by atoms with Crippen molar-refractivity contribution in [2.24, 2.45) is 0 Å². The summed E-state index contributed by atoms with van der Waals surface area (Å²) in [7, 11) is -2.53. The first-order valence-corrected chi connectivity index (χ1v) is 10.0. The Morgan fingerprint density at radius 1 is 1.15 bits per heavy atom. The average molecular weight is 441 g/mol. The summed E-state index contributed by atoms with van der Waals surface area (Å²) in [5.74, 6) is -0.143. The van der Waals surface area contributed by atoms with E-state index in [1.165, 1.54) is 19.2 Å². The SMILES string of the molecule is COc1ccc(NC(=O)[C@@H]2O[C@H]2C)cc1S(=O)(=O)Nc1ccc(Br)cc1. The number of anilines is 2. The lowest BCUT2D eigenvalue weighted by atomic mass is 10.2. The molecule has 0 unspecified atom stereocenters. The molecule has 2 aromatic rings. The van der Waals surface area contributed by atoms with Crippen LogP contribution in [0.25, 0.3) is 0 Å². The summed E-state index contributed by atoms with van der Waals surface area (Å²) in [4.78, 5) is 11.9. The normalized spacial score (nSPS) is 18.9. The maximum absolute atomic E-state index is 12.8. The highest BCUT2D eigenvalue weighted by atomic mass is 79.9. The molecule has 0 spiro atoms. The van der Waals surface area contributed by atoms with Gasteiger partial charge in [0.05, 0.1) is 13.2 Å². The predicted molar refractivity (Wildman–Crippen MR) is 101 cm³/mol. The molecule has 0 aliphatic carbocycles. The van der Waals surface area contributed by atoms with Crippen molar-refractivity contribution in [3.8, 4) is 5.75 Å². The van der Waals surface area contributed by atoms with Gasteiger partial charge in [-0.1, -0.05) is 15.9 Å². The fraction of sp³-hybridized carbons (Fsp3) is 0.235. The van der Waals surface area contributed by atoms with Crippen molar-refractivity contribution in [1.29, 1.82) is 0 Å². The Hall–Kier alpha value is -2.10. The molecule has 0 aromatic heterocycles. The van der Waals surface area contributed by atoms with Crippen LogP contribution in [0.4, 0.5) is 11.4 Å². The number of amides is 1. The Bertz CT molecular complexity index is 931. The van der Waals surface area contributed by atoms with Crippen LogP contribution in [0.1, 0.15) is 6.92 Å². The van der Waals surface area contributed by atoms with E-state index in [0.717, 1.165) is 4.47 Å². The summed E-state index contributed by atoms with van der Waals surface area (Å²) in [6, 6.07) is 11.1. The minimum absolute atomic E-state index is 0.0783. The number of epoxide rings is 1. The number of nitrogens with one attached hydrogen (secondary N) is 2. The summed E-state index contributed by atoms with van der Waals surface area (Å²) >= 11 is 3.30. The number of carbonyl (C=O) groups excluding carboxylic acids is 1. The average Bonchev–Trinajstić information content (AvgIpc) is 3.34. The molecule has 2 atom stereocenters. The molecule has 3 rings (SSSR count). The van der Waals surface area contributed by atoms with Gasteiger partial charge in [-0.3, -0.25) is 9.52 Å². The Kier molecular flexibility index (Phi) is 5.22. The van der Waals surface area contributed by atoms with Gasteiger partial charge < -0.3 is 14.8 Å². The summed E-state index contributed by atoms with van der Waals surface area (Å²) < 4.78 is 39.1. The predicted octanol–water partition coefficient (Wildman–Crippen LogP) is 2.98. The number of halogens is 1. The Morgan fingerprint density at radius 3 is 2.35 bits per heavy atom. The van der Waals surface area contributed by atoms with Gasteiger partial charge in [-0.05, 0) is 49.4 Å². The third kappa shape index (κ3) is 4.17. The molecule has 1 heterocycles. The number of ether oxygens (including phenoxy) is 2. The molecule has 1 fully saturated rings. The van der Waals surface area contributed by atoms with E-state index in [1.807, 2.05) is 0 Å². The van der Waals surface area contributed by atoms with Crippen LogP contribution in [0.15, 0.2) is 51.8 Å². The summed E-state index contributed by atoms with van der Waals surface area (Å²) in [6.45, 7) is 1.79. The van der Waals surface area contributed by atoms with Gasteiger partial charge in [-0.25, -0.2) is 8.42 Å². The molecule has 1 amide bonds. The molecular weight excluding hydrogens is 424 g/mol. The van der Waals surface area contributed by atoms with E-state index in [1.54, 1.807) is 37.3 Å². The first-order valence-electron chi connectivity index (χ1n) is 7.73. The molecule has 0 saturated carbocycles. The van der Waals surface area contributed by atoms with Gasteiger partial charge in [0.15, 0.2) is 6.10 Å². The second-order valence-corrected chi connectivity index (χ2v) is 8.30. The van der Waals surface area contributed by atoms with Gasteiger partial charge in [-0.2, -0.15) is 0 Å². The van der Waals surface area contributed by atoms with Crippen molar-refractivity contribution < 1.29 is 22.7 Å². The van der Waals surface area contributed by atoms with Crippen molar-refractivity contribution in [3.63, 3.8) is 0 Å². The molecule has 7 nitrogen and oxygen atoms in total. The number of rotatable bonds is 6. The van der Waals surface area contributed by atoms with Crippen LogP contribution in [-0.4, -0.2) is 33.6 Å². The lowest BCUT2D eigenvalue weighted by Gasteiger charge is -2.13. The molecule has 2 N–H and O–H groups in total. The van der Waals surface area contributed by atoms with Gasteiger partial charge in [0.2, 0.25) is 0 Å². The summed E-state index contributed by atoms with van der Waals surface area (Å²) in [5.41, 5.74) is 0.750. The fourth-order valence-electron chi connectivity index (χ4n) is 2.37. The number of methoxy groups -OCH3 is 1. The Morgan fingerprint density at radius 2 is 1.77 bits per heavy atom. The first kappa shape index (κ1) is 18.7. The zero-order valence-corrected chi connectivity index (χ0v) is 16.4. The lowest BCUT2D eigenvalue weighted by molar-refractivity contribution is -0.117. The van der Waals surface area contributed by atoms with Crippen molar-refractivity contribution >= 4 is 43.2 Å². The Labute approximate surface area is 159 Å². The van der Waals surface area contributed by atoms with E-state index in [9.17, 15) is 13.2 Å². The number of hydrogen-bond donors (Lipinski definition) is 2. The van der Waals surface area contributed by atoms with E-state index in [-0.39, 0.29) is 22.7 Å². The first-order chi connectivity index (χ1) is 12.3. The van der Waals surface area contributed by atoms with Crippen LogP contribution in [-0.2, 0) is 19.6 Å². The van der Waals surface area contributed by atoms with Crippen molar-refractivity contribution in [2.75, 3.05) is 17.1 Å². The second kappa shape index (κ2) is 7.26. The maximum atomic E-state index is 12.8. The van der Waals surface area contributed by atoms with Crippen LogP contribution in [0.3, 0.4) is 0 Å². The molecule has 0 radical (unpaired) electrons. The van der Waals surface area contributed by atoms with Crippen molar-refractivity contribution in [3.05, 3.63) is 46.9 Å². The number of sulfonamides is 1. The third-order valence-corrected chi connectivity index (χ3v) is 5.72. The molecule has 1 aliphatic heterocycles. The molecule has 0 bridgehead atoms. The lowest BCUT2D eigenvalue weighted by Crippen LogP contribution is -2.20. The minimum Gasteiger partial charge on any atom is -0.495 e. The molecule has 9 heteroatoms. The van der Waals surface area contributed by atoms with Crippen LogP contribution in [0.2, 0.25) is 0 Å². The van der Waals surface area contributed by atoms with Crippen LogP contribution >= 0.6 is 15.9 Å². The smallest absolute Gasteiger partial charge is 0.265 e. The van der Waals surface area contributed by atoms with E-state index in [4.69, 9.17) is 9.47 Å². The molecule has 138 valence electrons. The van der Waals surface area contributed by atoms with E-state index >= 15 is 0 Å². The highest BCUT2D eigenvalue weighted by Crippen LogP contribution is 2.30. The fourth-order valence-corrected chi connectivity index (χ4v) is 3.89. The van der Waals surface area contributed by atoms with Gasteiger partial charge in [0, 0.05) is 15.8 Å². The second-order valence-electron chi connectivity index (χ2n) is 5.73. The molecular formula is C17H17BrN2O5S. The zero-order chi connectivity index (χ0) is 18.9. The standard InChI is InChI=1S/C17H17BrN2O5S/c1-10-16(25-10)17(21)19-13-7-8-14(24-2)15(9-13)26(22,23)20-12-5-3-11(18)4-6-12/h3-10,16,20H,1-2H3,(H,19,21)/t10-,16+/m0/s1. The number of carbonyl (C=O) groups is 1. The Balaban J connectivity index is 1.87. The monoisotopic (exact) mass is 440 g/mol. The van der Waals surface area contributed by atoms with Crippen LogP contribution in [0, 0.1) is 0 Å². The maximum Gasteiger partial charge on any atom is 0.265 e. The highest BCUT2D eigenvalue weighted by Gasteiger charge is 2.41. The summed E-state index contributed by atoms with van der Waals surface area (Å²) in [6.07, 6.45) is -0.631. The third-order valence-electron chi connectivity index (χ3n) is 3.79. The van der Waals surface area contributed by atoms with Gasteiger partial charge in [-0.15, -0.1) is 0 Å². The largest absolute Gasteiger partial charge is 0.495 e. The number of benzene rings is 2. The van der Waals surface area contributed by atoms with E-state index in [2.05, 4.69) is 26.0 Å². The van der Waals surface area contributed by atoms with Gasteiger partial charge in [0.1, 0.15) is 10.6 Å². The molecule has 1 aliphatic rings. The quantitative estimate of drug-likeness (QED) is 0.672. The zero-order valence-electron chi connectivity index (χ0n) is 14.0. The topological polar surface area (TPSA) is 97.0 Å². The molecule has 1 saturated heterocycles. The number of hydrogen-bond acceptors (Lipinski definition) is 5. The molecule has 26 heavy (non-hydrogen) atoms. The van der Waals surface area contributed by atoms with Crippen molar-refractivity contribution in [2.45, 2.75) is 24.0 Å². The summed E-state index contributed by atoms with van der Waals surface area (Å²) in [5, 5.41) is 2.65. The highest BCUT2D eigenvalue weighted by molar-refractivity contribution is 9.10. The minimum atomic E-state index is -3.92. The van der Waals surface area contributed by atoms with Gasteiger partial charge >= 0.3 is 0 Å². The van der Waals surface area contributed by atoms with E-state index < -0.39 is 16.1 Å². The van der Waals surface area contributed by atoms with Crippen LogP contribution in [0.5, 0.6) is 5.75 Å². The van der Waals surface area contributed by atoms with Gasteiger partial charge in [0.25, 0.3) is 15.9 Å². The van der Waals surface area contributed by atoms with Crippen LogP contribution < -0.4 is 14.8 Å². The molecule has 2 aromatic carbocycles. The van der Waals surface area contributed by atoms with Crippen molar-refractivity contribution in [1.82, 2.24) is 0 Å².